The minimum atomic E-state index is -1.28. The number of aliphatic carboxylic acids is 1. The van der Waals surface area contributed by atoms with Crippen molar-refractivity contribution in [1.29, 1.82) is 0 Å². The Morgan fingerprint density at radius 3 is 2.67 bits per heavy atom. The Morgan fingerprint density at radius 2 is 2.17 bits per heavy atom. The lowest BCUT2D eigenvalue weighted by molar-refractivity contribution is -0.141. The maximum atomic E-state index is 11.5. The van der Waals surface area contributed by atoms with E-state index in [4.69, 9.17) is 5.11 Å². The Balaban J connectivity index is 2.31. The number of amides is 2. The van der Waals surface area contributed by atoms with Crippen molar-refractivity contribution in [2.75, 3.05) is 6.54 Å². The second-order valence-electron chi connectivity index (χ2n) is 4.56. The van der Waals surface area contributed by atoms with Crippen molar-refractivity contribution in [3.05, 3.63) is 12.2 Å². The normalized spacial score (nSPS) is 22.0. The molecule has 18 heavy (non-hydrogen) atoms. The van der Waals surface area contributed by atoms with Gasteiger partial charge in [0.2, 0.25) is 0 Å². The molecule has 0 radical (unpaired) electrons. The summed E-state index contributed by atoms with van der Waals surface area (Å²) in [6.07, 6.45) is 6.04. The summed E-state index contributed by atoms with van der Waals surface area (Å²) in [7, 11) is 0. The molecule has 1 unspecified atom stereocenters. The van der Waals surface area contributed by atoms with Gasteiger partial charge in [0.15, 0.2) is 6.04 Å². The first-order valence-corrected chi connectivity index (χ1v) is 6.11. The highest BCUT2D eigenvalue weighted by molar-refractivity contribution is 5.82. The summed E-state index contributed by atoms with van der Waals surface area (Å²) in [6, 6.07) is -1.84. The highest BCUT2D eigenvalue weighted by atomic mass is 16.4. The number of hydrogen-bond acceptors (Lipinski definition) is 3. The topological polar surface area (TPSA) is 98.7 Å². The number of carboxylic acid groups (broad SMARTS) is 1. The summed E-state index contributed by atoms with van der Waals surface area (Å²) in [5.74, 6) is -0.851. The predicted molar refractivity (Wildman–Crippen MR) is 66.1 cm³/mol. The van der Waals surface area contributed by atoms with Crippen molar-refractivity contribution in [3.63, 3.8) is 0 Å². The van der Waals surface area contributed by atoms with Gasteiger partial charge in [-0.25, -0.2) is 9.59 Å². The van der Waals surface area contributed by atoms with Gasteiger partial charge in [0.05, 0.1) is 6.10 Å². The smallest absolute Gasteiger partial charge is 0.328 e. The van der Waals surface area contributed by atoms with Crippen LogP contribution in [0.25, 0.3) is 0 Å². The molecule has 0 aromatic rings. The fraction of sp³-hybridized carbons (Fsp3) is 0.667. The third kappa shape index (κ3) is 4.75. The van der Waals surface area contributed by atoms with Crippen molar-refractivity contribution in [2.45, 2.75) is 38.3 Å². The Labute approximate surface area is 106 Å². The number of carbonyl (C=O) groups excluding carboxylic acids is 1. The first kappa shape index (κ1) is 14.5. The number of allylic oxidation sites excluding steroid dienone is 2. The van der Waals surface area contributed by atoms with Gasteiger partial charge in [0.1, 0.15) is 0 Å². The fourth-order valence-electron chi connectivity index (χ4n) is 1.86. The molecule has 1 rings (SSSR count). The SMILES string of the molecule is C[C@@H](O)[C@H](NC(=O)NCC1CC=CCC1)C(=O)O. The Morgan fingerprint density at radius 1 is 1.44 bits per heavy atom. The lowest BCUT2D eigenvalue weighted by atomic mass is 9.94. The molecular weight excluding hydrogens is 236 g/mol. The maximum Gasteiger partial charge on any atom is 0.328 e. The Kier molecular flexibility index (Phi) is 5.64. The van der Waals surface area contributed by atoms with E-state index in [9.17, 15) is 14.7 Å². The summed E-state index contributed by atoms with van der Waals surface area (Å²) < 4.78 is 0. The van der Waals surface area contributed by atoms with Crippen molar-refractivity contribution in [3.8, 4) is 0 Å². The highest BCUT2D eigenvalue weighted by Gasteiger charge is 2.25. The molecule has 0 heterocycles. The van der Waals surface area contributed by atoms with E-state index in [1.54, 1.807) is 0 Å². The van der Waals surface area contributed by atoms with Crippen LogP contribution in [-0.2, 0) is 4.79 Å². The number of nitrogens with one attached hydrogen (secondary N) is 2. The van der Waals surface area contributed by atoms with E-state index in [2.05, 4.69) is 22.8 Å². The van der Waals surface area contributed by atoms with E-state index >= 15 is 0 Å². The van der Waals surface area contributed by atoms with Gasteiger partial charge in [-0.2, -0.15) is 0 Å². The quantitative estimate of drug-likeness (QED) is 0.537. The third-order valence-electron chi connectivity index (χ3n) is 2.96. The van der Waals surface area contributed by atoms with E-state index < -0.39 is 24.1 Å². The molecule has 6 nitrogen and oxygen atoms in total. The van der Waals surface area contributed by atoms with Gasteiger partial charge in [0.25, 0.3) is 0 Å². The molecule has 0 saturated carbocycles. The van der Waals surface area contributed by atoms with Gasteiger partial charge in [-0.3, -0.25) is 0 Å². The van der Waals surface area contributed by atoms with Crippen LogP contribution >= 0.6 is 0 Å². The zero-order valence-corrected chi connectivity index (χ0v) is 10.4. The molecular formula is C12H20N2O4. The summed E-state index contributed by atoms with van der Waals surface area (Å²) in [5.41, 5.74) is 0. The second kappa shape index (κ2) is 7.00. The van der Waals surface area contributed by atoms with Gasteiger partial charge in [0, 0.05) is 6.54 Å². The van der Waals surface area contributed by atoms with Crippen LogP contribution in [0.2, 0.25) is 0 Å². The lowest BCUT2D eigenvalue weighted by Crippen LogP contribution is -2.51. The van der Waals surface area contributed by atoms with Crippen LogP contribution in [0.4, 0.5) is 4.79 Å². The number of aliphatic hydroxyl groups excluding tert-OH is 1. The molecule has 0 aromatic heterocycles. The molecule has 102 valence electrons. The van der Waals surface area contributed by atoms with E-state index in [0.717, 1.165) is 19.3 Å². The molecule has 4 N–H and O–H groups in total. The summed E-state index contributed by atoms with van der Waals surface area (Å²) in [6.45, 7) is 1.84. The van der Waals surface area contributed by atoms with Crippen LogP contribution in [0.3, 0.4) is 0 Å². The number of urea groups is 1. The van der Waals surface area contributed by atoms with E-state index in [-0.39, 0.29) is 0 Å². The van der Waals surface area contributed by atoms with Gasteiger partial charge in [-0.05, 0) is 32.1 Å². The molecule has 6 heteroatoms. The third-order valence-corrected chi connectivity index (χ3v) is 2.96. The molecule has 0 aromatic carbocycles. The minimum Gasteiger partial charge on any atom is -0.480 e. The zero-order valence-electron chi connectivity index (χ0n) is 10.4. The van der Waals surface area contributed by atoms with Crippen molar-refractivity contribution >= 4 is 12.0 Å². The van der Waals surface area contributed by atoms with Crippen LogP contribution in [0.1, 0.15) is 26.2 Å². The lowest BCUT2D eigenvalue weighted by Gasteiger charge is -2.20. The van der Waals surface area contributed by atoms with Gasteiger partial charge >= 0.3 is 12.0 Å². The number of carboxylic acids is 1. The average molecular weight is 256 g/mol. The second-order valence-corrected chi connectivity index (χ2v) is 4.56. The van der Waals surface area contributed by atoms with Crippen molar-refractivity contribution < 1.29 is 19.8 Å². The molecule has 1 aliphatic rings. The number of rotatable bonds is 5. The maximum absolute atomic E-state index is 11.5. The summed E-state index contributed by atoms with van der Waals surface area (Å²) in [4.78, 5) is 22.3. The standard InChI is InChI=1S/C12H20N2O4/c1-8(15)10(11(16)17)14-12(18)13-7-9-5-3-2-4-6-9/h2-3,8-10,15H,4-7H2,1H3,(H,16,17)(H2,13,14,18)/t8-,9?,10+/m1/s1. The van der Waals surface area contributed by atoms with Crippen LogP contribution in [0.15, 0.2) is 12.2 Å². The summed E-state index contributed by atoms with van der Waals surface area (Å²) >= 11 is 0. The number of carbonyl (C=O) groups is 2. The molecule has 0 saturated heterocycles. The number of hydrogen-bond donors (Lipinski definition) is 4. The zero-order chi connectivity index (χ0) is 13.5. The van der Waals surface area contributed by atoms with Gasteiger partial charge < -0.3 is 20.8 Å². The monoisotopic (exact) mass is 256 g/mol. The highest BCUT2D eigenvalue weighted by Crippen LogP contribution is 2.16. The van der Waals surface area contributed by atoms with Crippen molar-refractivity contribution in [2.24, 2.45) is 5.92 Å². The fourth-order valence-corrected chi connectivity index (χ4v) is 1.86. The van der Waals surface area contributed by atoms with E-state index in [0.29, 0.717) is 12.5 Å². The predicted octanol–water partition coefficient (Wildman–Crippen LogP) is 0.476. The molecule has 3 atom stereocenters. The van der Waals surface area contributed by atoms with Gasteiger partial charge in [-0.15, -0.1) is 0 Å². The Hall–Kier alpha value is -1.56. The van der Waals surface area contributed by atoms with Gasteiger partial charge in [-0.1, -0.05) is 12.2 Å². The minimum absolute atomic E-state index is 0.399. The van der Waals surface area contributed by atoms with Crippen LogP contribution < -0.4 is 10.6 Å². The van der Waals surface area contributed by atoms with Crippen molar-refractivity contribution in [1.82, 2.24) is 10.6 Å². The molecule has 0 fully saturated rings. The van der Waals surface area contributed by atoms with E-state index in [1.807, 2.05) is 0 Å². The van der Waals surface area contributed by atoms with Crippen LogP contribution in [-0.4, -0.2) is 40.9 Å². The largest absolute Gasteiger partial charge is 0.480 e. The Bertz CT molecular complexity index is 328. The first-order chi connectivity index (χ1) is 8.50. The molecule has 0 aliphatic heterocycles. The molecule has 2 amide bonds. The number of aliphatic hydroxyl groups is 1. The average Bonchev–Trinajstić information content (AvgIpc) is 2.34. The molecule has 0 bridgehead atoms. The van der Waals surface area contributed by atoms with E-state index in [1.165, 1.54) is 6.92 Å². The molecule has 1 aliphatic carbocycles. The first-order valence-electron chi connectivity index (χ1n) is 6.11. The van der Waals surface area contributed by atoms with Crippen LogP contribution in [0.5, 0.6) is 0 Å². The summed E-state index contributed by atoms with van der Waals surface area (Å²) in [5, 5.41) is 22.9. The van der Waals surface area contributed by atoms with Crippen LogP contribution in [0, 0.1) is 5.92 Å². The molecule has 0 spiro atoms.